The first-order chi connectivity index (χ1) is 30.2. The van der Waals surface area contributed by atoms with Crippen molar-refractivity contribution in [3.63, 3.8) is 0 Å². The highest BCUT2D eigenvalue weighted by Gasteiger charge is 2.40. The Bertz CT molecular complexity index is 2830. The van der Waals surface area contributed by atoms with Crippen LogP contribution >= 0.6 is 23.2 Å². The highest BCUT2D eigenvalue weighted by atomic mass is 35.5. The first-order valence-corrected chi connectivity index (χ1v) is 19.2. The summed E-state index contributed by atoms with van der Waals surface area (Å²) in [5.41, 5.74) is 4.35. The number of benzene rings is 6. The molecule has 308 valence electrons. The van der Waals surface area contributed by atoms with Gasteiger partial charge in [-0.15, -0.1) is 19.8 Å². The van der Waals surface area contributed by atoms with Crippen LogP contribution in [0.2, 0.25) is 10.0 Å². The third-order valence-corrected chi connectivity index (χ3v) is 9.60. The average molecular weight is 872 g/mol. The monoisotopic (exact) mass is 870 g/mol. The van der Waals surface area contributed by atoms with Crippen LogP contribution in [0.3, 0.4) is 0 Å². The van der Waals surface area contributed by atoms with Crippen molar-refractivity contribution < 1.29 is 58.0 Å². The lowest BCUT2D eigenvalue weighted by Gasteiger charge is -2.04. The molecule has 0 radical (unpaired) electrons. The Hall–Kier alpha value is -7.62. The molecule has 0 saturated heterocycles. The Morgan fingerprint density at radius 3 is 1.03 bits per heavy atom. The van der Waals surface area contributed by atoms with Crippen molar-refractivity contribution in [2.45, 2.75) is 0 Å². The van der Waals surface area contributed by atoms with Crippen LogP contribution in [0.25, 0.3) is 22.3 Å². The number of rotatable bonds is 14. The Morgan fingerprint density at radius 1 is 0.419 bits per heavy atom. The summed E-state index contributed by atoms with van der Waals surface area (Å²) in [6.45, 7) is 0. The van der Waals surface area contributed by atoms with Gasteiger partial charge in [0, 0.05) is 32.3 Å². The van der Waals surface area contributed by atoms with Crippen LogP contribution in [0, 0.1) is 0 Å². The van der Waals surface area contributed by atoms with E-state index < -0.39 is 23.1 Å². The number of ketones is 4. The molecular weight excluding hydrogens is 839 g/mol. The van der Waals surface area contributed by atoms with Crippen LogP contribution in [-0.2, 0) is 9.78 Å². The molecule has 8 rings (SSSR count). The fourth-order valence-corrected chi connectivity index (χ4v) is 6.30. The largest absolute Gasteiger partial charge is 0.330 e. The molecule has 0 aliphatic heterocycles. The van der Waals surface area contributed by atoms with Crippen LogP contribution in [0.1, 0.15) is 64.2 Å². The number of hydrogen-bond acceptors (Lipinski definition) is 12. The molecule has 0 N–H and O–H groups in total. The number of hydrogen-bond donors (Lipinski definition) is 0. The first-order valence-electron chi connectivity index (χ1n) is 18.4. The van der Waals surface area contributed by atoms with Crippen molar-refractivity contribution in [3.8, 4) is 22.3 Å². The van der Waals surface area contributed by atoms with Gasteiger partial charge in [-0.05, 0) is 80.0 Å². The van der Waals surface area contributed by atoms with Gasteiger partial charge in [-0.2, -0.15) is 0 Å². The maximum atomic E-state index is 13.4. The molecule has 6 aromatic carbocycles. The van der Waals surface area contributed by atoms with Gasteiger partial charge in [0.15, 0.2) is 20.1 Å². The van der Waals surface area contributed by atoms with Crippen molar-refractivity contribution in [1.29, 1.82) is 0 Å². The van der Waals surface area contributed by atoms with Gasteiger partial charge in [0.25, 0.3) is 0 Å². The number of aromatic nitrogens is 4. The molecule has 0 unspecified atom stereocenters. The Balaban J connectivity index is 0.000000197. The van der Waals surface area contributed by atoms with E-state index in [9.17, 15) is 19.2 Å². The van der Waals surface area contributed by atoms with Gasteiger partial charge >= 0.3 is 22.8 Å². The third kappa shape index (κ3) is 9.54. The highest BCUT2D eigenvalue weighted by Crippen LogP contribution is 2.24. The van der Waals surface area contributed by atoms with E-state index >= 15 is 0 Å². The van der Waals surface area contributed by atoms with E-state index in [4.69, 9.17) is 42.4 Å². The normalized spacial score (nSPS) is 10.6. The molecule has 14 nitrogen and oxygen atoms in total. The van der Waals surface area contributed by atoms with Gasteiger partial charge in [0.2, 0.25) is 23.1 Å². The minimum Gasteiger partial charge on any atom is -0.284 e. The molecule has 8 aromatic rings. The first kappa shape index (κ1) is 42.5. The third-order valence-electron chi connectivity index (χ3n) is 9.09. The van der Waals surface area contributed by atoms with Crippen molar-refractivity contribution in [1.82, 2.24) is 10.3 Å². The molecule has 2 heterocycles. The fourth-order valence-electron chi connectivity index (χ4n) is 6.05. The van der Waals surface area contributed by atoms with E-state index in [1.54, 1.807) is 48.5 Å². The van der Waals surface area contributed by atoms with E-state index in [0.29, 0.717) is 31.0 Å². The topological polar surface area (TPSA) is 165 Å². The van der Waals surface area contributed by atoms with Gasteiger partial charge in [-0.25, -0.2) is 0 Å². The van der Waals surface area contributed by atoms with E-state index in [0.717, 1.165) is 22.3 Å². The second-order valence-electron chi connectivity index (χ2n) is 13.0. The minimum atomic E-state index is -0.558. The van der Waals surface area contributed by atoms with Gasteiger partial charge in [-0.3, -0.25) is 19.2 Å². The van der Waals surface area contributed by atoms with Crippen LogP contribution in [0.5, 0.6) is 0 Å². The maximum Gasteiger partial charge on any atom is 0.330 e. The summed E-state index contributed by atoms with van der Waals surface area (Å²) in [5, 5.41) is 8.40. The highest BCUT2D eigenvalue weighted by molar-refractivity contribution is 6.31. The summed E-state index contributed by atoms with van der Waals surface area (Å²) in [4.78, 5) is 72.5. The lowest BCUT2D eigenvalue weighted by atomic mass is 9.98. The van der Waals surface area contributed by atoms with Crippen LogP contribution in [0.4, 0.5) is 0 Å². The molecule has 62 heavy (non-hydrogen) atoms. The quantitative estimate of drug-likeness (QED) is 0.0603. The summed E-state index contributed by atoms with van der Waals surface area (Å²) < 4.78 is 9.98. The fraction of sp³-hybridized carbons (Fsp3) is 0.0435. The lowest BCUT2D eigenvalue weighted by Crippen LogP contribution is -2.46. The van der Waals surface area contributed by atoms with Gasteiger partial charge in [0.05, 0.1) is 14.2 Å². The Morgan fingerprint density at radius 2 is 0.710 bits per heavy atom. The van der Waals surface area contributed by atoms with E-state index in [1.165, 1.54) is 38.5 Å². The molecule has 0 atom stereocenters. The van der Waals surface area contributed by atoms with Crippen molar-refractivity contribution >= 4 is 46.3 Å². The Kier molecular flexibility index (Phi) is 13.5. The van der Waals surface area contributed by atoms with Crippen LogP contribution < -0.4 is 19.8 Å². The number of halogens is 2. The molecule has 2 aromatic heterocycles. The van der Waals surface area contributed by atoms with Crippen molar-refractivity contribution in [3.05, 3.63) is 213 Å². The molecule has 0 bridgehead atoms. The second kappa shape index (κ2) is 19.6. The predicted molar refractivity (Wildman–Crippen MR) is 221 cm³/mol. The number of carbonyl (C=O) groups excluding carboxylic acids is 4. The molecule has 0 aliphatic rings. The standard InChI is InChI=1S/C29H21N2O5.C17H11Cl2N2O5/c1-34-36-31-27(29(33)25-18-14-23(15-19-25)21-10-6-3-7-11-21)26(30-35-31)28(32)24-16-12-22(13-17-24)20-8-4-2-5-9-20;1-24-26-21-15(17(23)11-4-8-13(19)9-5-11)14(20-25-21)16(22)10-2-6-12(18)7-3-10/h2-19H,1H3;2-9H,1H3/q2*+1. The van der Waals surface area contributed by atoms with Gasteiger partial charge < -0.3 is 0 Å². The second-order valence-corrected chi connectivity index (χ2v) is 13.8. The summed E-state index contributed by atoms with van der Waals surface area (Å²) in [7, 11) is 2.47. The molecule has 0 fully saturated rings. The summed E-state index contributed by atoms with van der Waals surface area (Å²) in [5.74, 6) is -2.09. The average Bonchev–Trinajstić information content (AvgIpc) is 3.94. The zero-order valence-electron chi connectivity index (χ0n) is 32.6. The number of carbonyl (C=O) groups is 4. The van der Waals surface area contributed by atoms with Gasteiger partial charge in [-0.1, -0.05) is 132 Å². The SMILES string of the molecule is COO[n+]1onc(C(=O)c2ccc(-c3ccccc3)cc2)c1C(=O)c1ccc(-c2ccccc2)cc1.COO[n+]1onc(C(=O)c2ccc(Cl)cc2)c1C(=O)c1ccc(Cl)cc1. The van der Waals surface area contributed by atoms with Crippen LogP contribution in [-0.4, -0.2) is 47.7 Å². The molecule has 0 amide bonds. The minimum absolute atomic E-state index is 0.179. The van der Waals surface area contributed by atoms with E-state index in [-0.39, 0.29) is 33.9 Å². The van der Waals surface area contributed by atoms with E-state index in [2.05, 4.69) is 20.1 Å². The maximum absolute atomic E-state index is 13.4. The summed E-state index contributed by atoms with van der Waals surface area (Å²) in [6.07, 6.45) is 0. The molecule has 0 saturated carbocycles. The zero-order valence-corrected chi connectivity index (χ0v) is 34.2. The molecular formula is C46H32Cl2N4O10+2. The Labute approximate surface area is 362 Å². The number of nitrogens with zero attached hydrogens (tertiary/aromatic N) is 4. The van der Waals surface area contributed by atoms with Crippen LogP contribution in [0.15, 0.2) is 167 Å². The summed E-state index contributed by atoms with van der Waals surface area (Å²) in [6, 6.07) is 45.9. The molecule has 0 spiro atoms. The smallest absolute Gasteiger partial charge is 0.284 e. The summed E-state index contributed by atoms with van der Waals surface area (Å²) >= 11 is 11.7. The molecule has 0 aliphatic carbocycles. The zero-order chi connectivity index (χ0) is 43.6. The van der Waals surface area contributed by atoms with Crippen molar-refractivity contribution in [2.24, 2.45) is 0 Å². The molecule has 16 heteroatoms. The van der Waals surface area contributed by atoms with Gasteiger partial charge in [0.1, 0.15) is 0 Å². The van der Waals surface area contributed by atoms with E-state index in [1.807, 2.05) is 84.9 Å². The lowest BCUT2D eigenvalue weighted by molar-refractivity contribution is -1.07. The predicted octanol–water partition coefficient (Wildman–Crippen LogP) is 7.47. The van der Waals surface area contributed by atoms with Crippen molar-refractivity contribution in [2.75, 3.05) is 14.2 Å².